The zero-order valence-electron chi connectivity index (χ0n) is 11.9. The summed E-state index contributed by atoms with van der Waals surface area (Å²) in [6.07, 6.45) is 2.25. The van der Waals surface area contributed by atoms with E-state index in [0.717, 1.165) is 24.2 Å². The smallest absolute Gasteiger partial charge is 0.213 e. The van der Waals surface area contributed by atoms with Crippen LogP contribution in [0.15, 0.2) is 18.2 Å². The number of hydrogen-bond donors (Lipinski definition) is 2. The molecule has 1 aromatic carbocycles. The number of aryl methyl sites for hydroxylation is 1. The number of piperidine rings is 1. The average molecular weight is 298 g/mol. The highest BCUT2D eigenvalue weighted by molar-refractivity contribution is 7.89. The third kappa shape index (κ3) is 3.71. The molecule has 5 nitrogen and oxygen atoms in total. The van der Waals surface area contributed by atoms with E-state index >= 15 is 0 Å². The maximum Gasteiger partial charge on any atom is 0.213 e. The molecule has 112 valence electrons. The number of nitrogens with two attached hydrogens (primary N) is 1. The fraction of sp³-hybridized carbons (Fsp3) is 0.571. The molecule has 3 N–H and O–H groups in total. The first-order valence-corrected chi connectivity index (χ1v) is 8.39. The number of sulfonamides is 1. The number of methoxy groups -OCH3 is 1. The molecule has 0 amide bonds. The van der Waals surface area contributed by atoms with Crippen LogP contribution in [0.5, 0.6) is 5.75 Å². The van der Waals surface area contributed by atoms with Crippen molar-refractivity contribution in [2.45, 2.75) is 37.5 Å². The summed E-state index contributed by atoms with van der Waals surface area (Å²) in [6.45, 7) is 2.48. The minimum absolute atomic E-state index is 0.267. The predicted octanol–water partition coefficient (Wildman–Crippen LogP) is 0.955. The van der Waals surface area contributed by atoms with Gasteiger partial charge in [0.15, 0.2) is 0 Å². The Labute approximate surface area is 120 Å². The van der Waals surface area contributed by atoms with E-state index < -0.39 is 15.3 Å². The fourth-order valence-corrected chi connectivity index (χ4v) is 3.47. The third-order valence-electron chi connectivity index (χ3n) is 3.84. The Morgan fingerprint density at radius 3 is 2.70 bits per heavy atom. The van der Waals surface area contributed by atoms with Crippen molar-refractivity contribution in [3.8, 4) is 5.75 Å². The van der Waals surface area contributed by atoms with Crippen LogP contribution in [0.1, 0.15) is 24.0 Å². The number of rotatable bonds is 4. The quantitative estimate of drug-likeness (QED) is 0.867. The van der Waals surface area contributed by atoms with Crippen LogP contribution >= 0.6 is 0 Å². The molecule has 0 aliphatic carbocycles. The summed E-state index contributed by atoms with van der Waals surface area (Å²) in [6, 6.07) is 6.38. The van der Waals surface area contributed by atoms with Gasteiger partial charge in [0.05, 0.1) is 12.4 Å². The van der Waals surface area contributed by atoms with Crippen molar-refractivity contribution < 1.29 is 13.2 Å². The molecule has 2 unspecified atom stereocenters. The molecule has 1 aliphatic rings. The molecule has 0 aromatic heterocycles. The third-order valence-corrected chi connectivity index (χ3v) is 5.17. The SMILES string of the molecule is COc1ccc(C)cc1CC1CCC(S(N)(=O)=O)CN1. The van der Waals surface area contributed by atoms with Crippen molar-refractivity contribution in [1.29, 1.82) is 0 Å². The lowest BCUT2D eigenvalue weighted by atomic mass is 9.96. The van der Waals surface area contributed by atoms with Crippen molar-refractivity contribution in [1.82, 2.24) is 5.32 Å². The van der Waals surface area contributed by atoms with Crippen LogP contribution in [0.25, 0.3) is 0 Å². The molecule has 2 atom stereocenters. The fourth-order valence-electron chi connectivity index (χ4n) is 2.68. The molecule has 1 fully saturated rings. The maximum atomic E-state index is 11.3. The summed E-state index contributed by atoms with van der Waals surface area (Å²) in [7, 11) is -1.76. The van der Waals surface area contributed by atoms with Gasteiger partial charge < -0.3 is 10.1 Å². The Bertz CT molecular complexity index is 564. The summed E-state index contributed by atoms with van der Waals surface area (Å²) >= 11 is 0. The lowest BCUT2D eigenvalue weighted by Crippen LogP contribution is -2.47. The van der Waals surface area contributed by atoms with Crippen molar-refractivity contribution in [3.63, 3.8) is 0 Å². The average Bonchev–Trinajstić information content (AvgIpc) is 2.38. The van der Waals surface area contributed by atoms with E-state index in [1.54, 1.807) is 7.11 Å². The topological polar surface area (TPSA) is 81.4 Å². The number of primary sulfonamides is 1. The Morgan fingerprint density at radius 2 is 2.15 bits per heavy atom. The molecular formula is C14H22N2O3S. The first-order valence-electron chi connectivity index (χ1n) is 6.78. The van der Waals surface area contributed by atoms with Gasteiger partial charge in [0.2, 0.25) is 10.0 Å². The number of nitrogens with one attached hydrogen (secondary N) is 1. The lowest BCUT2D eigenvalue weighted by Gasteiger charge is -2.29. The zero-order valence-corrected chi connectivity index (χ0v) is 12.7. The van der Waals surface area contributed by atoms with Crippen molar-refractivity contribution >= 4 is 10.0 Å². The van der Waals surface area contributed by atoms with Crippen molar-refractivity contribution in [2.24, 2.45) is 5.14 Å². The van der Waals surface area contributed by atoms with Crippen LogP contribution in [0.3, 0.4) is 0 Å². The number of ether oxygens (including phenoxy) is 1. The van der Waals surface area contributed by atoms with Gasteiger partial charge in [-0.05, 0) is 37.8 Å². The summed E-state index contributed by atoms with van der Waals surface area (Å²) in [5.41, 5.74) is 2.35. The predicted molar refractivity (Wildman–Crippen MR) is 79.4 cm³/mol. The summed E-state index contributed by atoms with van der Waals surface area (Å²) < 4.78 is 28.0. The van der Waals surface area contributed by atoms with Crippen LogP contribution in [0.2, 0.25) is 0 Å². The molecule has 0 spiro atoms. The Morgan fingerprint density at radius 1 is 1.40 bits per heavy atom. The highest BCUT2D eigenvalue weighted by atomic mass is 32.2. The molecule has 0 saturated carbocycles. The molecule has 0 bridgehead atoms. The first-order chi connectivity index (χ1) is 9.40. The van der Waals surface area contributed by atoms with Gasteiger partial charge in [0.25, 0.3) is 0 Å². The minimum atomic E-state index is -3.43. The van der Waals surface area contributed by atoms with Crippen LogP contribution in [0.4, 0.5) is 0 Å². The lowest BCUT2D eigenvalue weighted by molar-refractivity contribution is 0.380. The van der Waals surface area contributed by atoms with Gasteiger partial charge in [-0.3, -0.25) is 0 Å². The van der Waals surface area contributed by atoms with Gasteiger partial charge in [0, 0.05) is 12.6 Å². The molecule has 6 heteroatoms. The van der Waals surface area contributed by atoms with Gasteiger partial charge in [-0.25, -0.2) is 13.6 Å². The molecule has 0 radical (unpaired) electrons. The summed E-state index contributed by atoms with van der Waals surface area (Å²) in [5, 5.41) is 8.01. The van der Waals surface area contributed by atoms with Crippen LogP contribution in [-0.4, -0.2) is 33.4 Å². The van der Waals surface area contributed by atoms with Crippen LogP contribution in [-0.2, 0) is 16.4 Å². The molecular weight excluding hydrogens is 276 g/mol. The normalized spacial score (nSPS) is 23.6. The molecule has 1 saturated heterocycles. The van der Waals surface area contributed by atoms with Gasteiger partial charge in [-0.15, -0.1) is 0 Å². The zero-order chi connectivity index (χ0) is 14.8. The molecule has 1 heterocycles. The Kier molecular flexibility index (Phi) is 4.67. The molecule has 2 rings (SSSR count). The summed E-state index contributed by atoms with van der Waals surface area (Å²) in [4.78, 5) is 0. The second-order valence-corrected chi connectivity index (χ2v) is 7.26. The van der Waals surface area contributed by atoms with E-state index in [1.807, 2.05) is 19.1 Å². The second kappa shape index (κ2) is 6.11. The standard InChI is InChI=1S/C14H22N2O3S/c1-10-3-6-14(19-2)11(7-10)8-12-4-5-13(9-16-12)20(15,17)18/h3,6-7,12-13,16H,4-5,8-9H2,1-2H3,(H2,15,17,18). The molecule has 1 aromatic rings. The second-order valence-electron chi connectivity index (χ2n) is 5.41. The molecule has 20 heavy (non-hydrogen) atoms. The largest absolute Gasteiger partial charge is 0.496 e. The van der Waals surface area contributed by atoms with E-state index in [1.165, 1.54) is 5.56 Å². The van der Waals surface area contributed by atoms with Crippen LogP contribution in [0, 0.1) is 6.92 Å². The number of benzene rings is 1. The van der Waals surface area contributed by atoms with E-state index in [4.69, 9.17) is 9.88 Å². The van der Waals surface area contributed by atoms with Crippen LogP contribution < -0.4 is 15.2 Å². The van der Waals surface area contributed by atoms with E-state index in [9.17, 15) is 8.42 Å². The maximum absolute atomic E-state index is 11.3. The van der Waals surface area contributed by atoms with Gasteiger partial charge in [-0.2, -0.15) is 0 Å². The highest BCUT2D eigenvalue weighted by Crippen LogP contribution is 2.24. The highest BCUT2D eigenvalue weighted by Gasteiger charge is 2.28. The number of hydrogen-bond acceptors (Lipinski definition) is 4. The van der Waals surface area contributed by atoms with Crippen molar-refractivity contribution in [3.05, 3.63) is 29.3 Å². The molecule has 1 aliphatic heterocycles. The van der Waals surface area contributed by atoms with Gasteiger partial charge in [-0.1, -0.05) is 17.7 Å². The monoisotopic (exact) mass is 298 g/mol. The van der Waals surface area contributed by atoms with Gasteiger partial charge >= 0.3 is 0 Å². The van der Waals surface area contributed by atoms with E-state index in [0.29, 0.717) is 13.0 Å². The van der Waals surface area contributed by atoms with E-state index in [2.05, 4.69) is 11.4 Å². The first kappa shape index (κ1) is 15.3. The Hall–Kier alpha value is -1.11. The minimum Gasteiger partial charge on any atom is -0.496 e. The Balaban J connectivity index is 2.01. The van der Waals surface area contributed by atoms with E-state index in [-0.39, 0.29) is 6.04 Å². The summed E-state index contributed by atoms with van der Waals surface area (Å²) in [5.74, 6) is 0.881. The van der Waals surface area contributed by atoms with Crippen molar-refractivity contribution in [2.75, 3.05) is 13.7 Å². The van der Waals surface area contributed by atoms with Gasteiger partial charge in [0.1, 0.15) is 5.75 Å².